The summed E-state index contributed by atoms with van der Waals surface area (Å²) in [7, 11) is 0. The second kappa shape index (κ2) is 11.1. The van der Waals surface area contributed by atoms with E-state index in [0.717, 1.165) is 38.9 Å². The minimum absolute atomic E-state index is 0.0525. The van der Waals surface area contributed by atoms with Crippen molar-refractivity contribution in [2.75, 3.05) is 43.4 Å². The normalized spacial score (nSPS) is 17.5. The summed E-state index contributed by atoms with van der Waals surface area (Å²) < 4.78 is 21.8. The maximum Gasteiger partial charge on any atom is 0.350 e. The SMILES string of the molecule is C=CC(=O)N1CCN(c2nc(=O)n3c4c(c(-c5ccc(F)c(Cl)c5)c(C)cc24)SCC(OCCC)C3)CC1. The molecule has 3 aromatic rings. The van der Waals surface area contributed by atoms with Crippen LogP contribution in [0, 0.1) is 12.7 Å². The van der Waals surface area contributed by atoms with Crippen LogP contribution < -0.4 is 10.6 Å². The lowest BCUT2D eigenvalue weighted by Gasteiger charge is -2.35. The molecule has 5 rings (SSSR count). The predicted octanol–water partition coefficient (Wildman–Crippen LogP) is 4.90. The number of hydrogen-bond donors (Lipinski definition) is 0. The maximum atomic E-state index is 14.0. The number of aryl methyl sites for hydroxylation is 1. The summed E-state index contributed by atoms with van der Waals surface area (Å²) in [5, 5.41) is 0.929. The summed E-state index contributed by atoms with van der Waals surface area (Å²) in [6.45, 7) is 10.8. The number of thioether (sulfide) groups is 1. The van der Waals surface area contributed by atoms with E-state index < -0.39 is 5.82 Å². The van der Waals surface area contributed by atoms with Crippen molar-refractivity contribution in [1.29, 1.82) is 0 Å². The maximum absolute atomic E-state index is 14.0. The average Bonchev–Trinajstić information content (AvgIpc) is 3.11. The van der Waals surface area contributed by atoms with Crippen LogP contribution in [0.4, 0.5) is 10.2 Å². The van der Waals surface area contributed by atoms with E-state index in [2.05, 4.69) is 29.5 Å². The molecule has 38 heavy (non-hydrogen) atoms. The Morgan fingerprint density at radius 3 is 2.74 bits per heavy atom. The number of benzene rings is 2. The van der Waals surface area contributed by atoms with Crippen LogP contribution in [0.5, 0.6) is 0 Å². The zero-order valence-corrected chi connectivity index (χ0v) is 23.1. The van der Waals surface area contributed by atoms with Gasteiger partial charge in [-0.2, -0.15) is 4.98 Å². The fraction of sp³-hybridized carbons (Fsp3) is 0.393. The largest absolute Gasteiger partial charge is 0.375 e. The van der Waals surface area contributed by atoms with Crippen molar-refractivity contribution in [2.24, 2.45) is 0 Å². The molecule has 1 unspecified atom stereocenters. The monoisotopic (exact) mass is 556 g/mol. The Morgan fingerprint density at radius 1 is 1.29 bits per heavy atom. The van der Waals surface area contributed by atoms with Crippen molar-refractivity contribution >= 4 is 46.0 Å². The zero-order chi connectivity index (χ0) is 27.0. The van der Waals surface area contributed by atoms with E-state index in [4.69, 9.17) is 16.3 Å². The lowest BCUT2D eigenvalue weighted by molar-refractivity contribution is -0.126. The van der Waals surface area contributed by atoms with E-state index in [0.29, 0.717) is 50.9 Å². The third-order valence-corrected chi connectivity index (χ3v) is 8.54. The van der Waals surface area contributed by atoms with Crippen LogP contribution in [-0.4, -0.2) is 65.0 Å². The molecule has 1 saturated heterocycles. The number of anilines is 1. The van der Waals surface area contributed by atoms with E-state index in [9.17, 15) is 14.0 Å². The van der Waals surface area contributed by atoms with Gasteiger partial charge in [0.15, 0.2) is 0 Å². The Balaban J connectivity index is 1.69. The molecule has 0 aliphatic carbocycles. The number of nitrogens with zero attached hydrogens (tertiary/aromatic N) is 4. The van der Waals surface area contributed by atoms with Crippen LogP contribution in [0.25, 0.3) is 22.0 Å². The first-order valence-corrected chi connectivity index (χ1v) is 14.1. The van der Waals surface area contributed by atoms with Crippen molar-refractivity contribution in [3.63, 3.8) is 0 Å². The Morgan fingerprint density at radius 2 is 2.05 bits per heavy atom. The molecule has 0 bridgehead atoms. The number of aromatic nitrogens is 2. The first kappa shape index (κ1) is 26.7. The molecule has 2 aliphatic rings. The summed E-state index contributed by atoms with van der Waals surface area (Å²) in [5.41, 5.74) is 3.16. The highest BCUT2D eigenvalue weighted by atomic mass is 35.5. The van der Waals surface area contributed by atoms with Crippen LogP contribution in [0.1, 0.15) is 18.9 Å². The summed E-state index contributed by atoms with van der Waals surface area (Å²) in [6.07, 6.45) is 2.06. The molecule has 1 fully saturated rings. The van der Waals surface area contributed by atoms with Crippen LogP contribution in [0.2, 0.25) is 5.02 Å². The molecule has 0 saturated carbocycles. The molecule has 2 aliphatic heterocycles. The van der Waals surface area contributed by atoms with Crippen molar-refractivity contribution in [2.45, 2.75) is 37.8 Å². The summed E-state index contributed by atoms with van der Waals surface area (Å²) >= 11 is 7.82. The number of piperazine rings is 1. The summed E-state index contributed by atoms with van der Waals surface area (Å²) in [5.74, 6) is 0.713. The van der Waals surface area contributed by atoms with E-state index in [1.54, 1.807) is 33.4 Å². The third kappa shape index (κ3) is 4.95. The number of carbonyl (C=O) groups excluding carboxylic acids is 1. The van der Waals surface area contributed by atoms with Gasteiger partial charge in [-0.05, 0) is 48.7 Å². The molecule has 0 N–H and O–H groups in total. The number of hydrogen-bond acceptors (Lipinski definition) is 6. The first-order valence-electron chi connectivity index (χ1n) is 12.8. The van der Waals surface area contributed by atoms with Gasteiger partial charge in [0.1, 0.15) is 11.6 Å². The average molecular weight is 557 g/mol. The van der Waals surface area contributed by atoms with Crippen molar-refractivity contribution < 1.29 is 13.9 Å². The number of amides is 1. The number of rotatable bonds is 6. The molecular formula is C28H30ClFN4O3S. The van der Waals surface area contributed by atoms with Gasteiger partial charge >= 0.3 is 5.69 Å². The van der Waals surface area contributed by atoms with Gasteiger partial charge < -0.3 is 14.5 Å². The molecule has 1 aromatic heterocycles. The van der Waals surface area contributed by atoms with Gasteiger partial charge in [0.05, 0.1) is 23.2 Å². The van der Waals surface area contributed by atoms with Gasteiger partial charge in [0.25, 0.3) is 0 Å². The molecule has 10 heteroatoms. The smallest absolute Gasteiger partial charge is 0.350 e. The minimum Gasteiger partial charge on any atom is -0.375 e. The Hall–Kier alpha value is -2.88. The van der Waals surface area contributed by atoms with E-state index in [1.165, 1.54) is 12.1 Å². The summed E-state index contributed by atoms with van der Waals surface area (Å²) in [4.78, 5) is 35.0. The van der Waals surface area contributed by atoms with Crippen molar-refractivity contribution in [3.8, 4) is 11.1 Å². The predicted molar refractivity (Wildman–Crippen MR) is 151 cm³/mol. The quantitative estimate of drug-likeness (QED) is 0.402. The van der Waals surface area contributed by atoms with Crippen molar-refractivity contribution in [3.05, 3.63) is 63.8 Å². The molecule has 2 aromatic carbocycles. The fourth-order valence-corrected chi connectivity index (χ4v) is 6.68. The second-order valence-corrected chi connectivity index (χ2v) is 11.0. The number of carbonyl (C=O) groups is 1. The van der Waals surface area contributed by atoms with Crippen LogP contribution in [0.3, 0.4) is 0 Å². The van der Waals surface area contributed by atoms with Gasteiger partial charge in [0, 0.05) is 54.4 Å². The molecule has 0 radical (unpaired) electrons. The van der Waals surface area contributed by atoms with Gasteiger partial charge in [-0.3, -0.25) is 9.36 Å². The molecule has 3 heterocycles. The Kier molecular flexibility index (Phi) is 7.79. The second-order valence-electron chi connectivity index (χ2n) is 9.57. The Labute approximate surface area is 230 Å². The number of ether oxygens (including phenoxy) is 1. The van der Waals surface area contributed by atoms with Crippen LogP contribution in [0.15, 0.2) is 46.6 Å². The molecule has 200 valence electrons. The standard InChI is InChI=1S/C28H30ClFN4O3S/c1-4-12-37-19-15-34-25-20(27(31-28(34)36)33-10-8-32(9-11-33)23(35)5-2)13-17(3)24(26(25)38-16-19)18-6-7-22(30)21(29)14-18/h5-7,13-14,19H,2,4,8-12,15-16H2,1,3H3. The van der Waals surface area contributed by atoms with Gasteiger partial charge in [-0.15, -0.1) is 11.8 Å². The topological polar surface area (TPSA) is 67.7 Å². The highest BCUT2D eigenvalue weighted by Gasteiger charge is 2.29. The van der Waals surface area contributed by atoms with Gasteiger partial charge in [0.2, 0.25) is 5.91 Å². The summed E-state index contributed by atoms with van der Waals surface area (Å²) in [6, 6.07) is 6.79. The Bertz CT molecular complexity index is 1470. The highest BCUT2D eigenvalue weighted by molar-refractivity contribution is 7.99. The minimum atomic E-state index is -0.474. The molecule has 1 amide bonds. The third-order valence-electron chi connectivity index (χ3n) is 7.03. The lowest BCUT2D eigenvalue weighted by Crippen LogP contribution is -2.49. The number of halogens is 2. The van der Waals surface area contributed by atoms with E-state index in [-0.39, 0.29) is 22.7 Å². The van der Waals surface area contributed by atoms with Gasteiger partial charge in [-0.25, -0.2) is 9.18 Å². The van der Waals surface area contributed by atoms with E-state index in [1.807, 2.05) is 6.92 Å². The fourth-order valence-electron chi connectivity index (χ4n) is 5.17. The van der Waals surface area contributed by atoms with E-state index >= 15 is 0 Å². The molecule has 0 spiro atoms. The first-order chi connectivity index (χ1) is 18.3. The molecular weight excluding hydrogens is 527 g/mol. The van der Waals surface area contributed by atoms with Crippen LogP contribution in [-0.2, 0) is 16.1 Å². The lowest BCUT2D eigenvalue weighted by atomic mass is 9.97. The van der Waals surface area contributed by atoms with Crippen LogP contribution >= 0.6 is 23.4 Å². The highest BCUT2D eigenvalue weighted by Crippen LogP contribution is 2.44. The molecule has 1 atom stereocenters. The molecule has 7 nitrogen and oxygen atoms in total. The van der Waals surface area contributed by atoms with Crippen molar-refractivity contribution in [1.82, 2.24) is 14.5 Å². The zero-order valence-electron chi connectivity index (χ0n) is 21.5. The van der Waals surface area contributed by atoms with Gasteiger partial charge in [-0.1, -0.05) is 31.2 Å².